The van der Waals surface area contributed by atoms with Gasteiger partial charge >= 0.3 is 5.97 Å². The molecule has 1 saturated heterocycles. The summed E-state index contributed by atoms with van der Waals surface area (Å²) in [6, 6.07) is 7.82. The molecule has 24 heavy (non-hydrogen) atoms. The maximum absolute atomic E-state index is 12.5. The minimum atomic E-state index is -0.904. The third-order valence-corrected chi connectivity index (χ3v) is 4.18. The maximum Gasteiger partial charge on any atom is 0.306 e. The summed E-state index contributed by atoms with van der Waals surface area (Å²) in [6.45, 7) is 3.31. The molecule has 0 spiro atoms. The normalized spacial score (nSPS) is 18.9. The number of carboxylic acids is 1. The summed E-state index contributed by atoms with van der Waals surface area (Å²) in [7, 11) is 1.64. The highest BCUT2D eigenvalue weighted by atomic mass is 16.5. The molecule has 0 aliphatic carbocycles. The van der Waals surface area contributed by atoms with Gasteiger partial charge in [0.15, 0.2) is 0 Å². The summed E-state index contributed by atoms with van der Waals surface area (Å²) in [5, 5.41) is 8.85. The first-order valence-electron chi connectivity index (χ1n) is 8.22. The van der Waals surface area contributed by atoms with Crippen LogP contribution in [0, 0.1) is 5.92 Å². The van der Waals surface area contributed by atoms with Gasteiger partial charge < -0.3 is 19.5 Å². The zero-order chi connectivity index (χ0) is 17.5. The zero-order valence-corrected chi connectivity index (χ0v) is 14.2. The Bertz CT molecular complexity index is 574. The van der Waals surface area contributed by atoms with E-state index in [0.717, 1.165) is 17.7 Å². The number of carbonyl (C=O) groups is 2. The average Bonchev–Trinajstić information content (AvgIpc) is 2.55. The quantitative estimate of drug-likeness (QED) is 0.824. The molecular weight excluding hydrogens is 310 g/mol. The van der Waals surface area contributed by atoms with Crippen molar-refractivity contribution in [3.05, 3.63) is 29.8 Å². The van der Waals surface area contributed by atoms with E-state index >= 15 is 0 Å². The van der Waals surface area contributed by atoms with Crippen LogP contribution in [0.15, 0.2) is 24.3 Å². The van der Waals surface area contributed by atoms with Gasteiger partial charge in [-0.25, -0.2) is 0 Å². The summed E-state index contributed by atoms with van der Waals surface area (Å²) in [5.74, 6) is 0.161. The number of carbonyl (C=O) groups excluding carboxylic acids is 1. The molecule has 0 radical (unpaired) electrons. The Hall–Kier alpha value is -2.08. The van der Waals surface area contributed by atoms with Crippen molar-refractivity contribution in [1.29, 1.82) is 0 Å². The van der Waals surface area contributed by atoms with Crippen LogP contribution in [0.4, 0.5) is 0 Å². The van der Waals surface area contributed by atoms with Crippen molar-refractivity contribution in [2.24, 2.45) is 5.92 Å². The minimum absolute atomic E-state index is 0.0519. The lowest BCUT2D eigenvalue weighted by atomic mass is 9.96. The molecule has 1 heterocycles. The van der Waals surface area contributed by atoms with E-state index in [1.165, 1.54) is 0 Å². The van der Waals surface area contributed by atoms with Crippen LogP contribution in [-0.4, -0.2) is 54.8 Å². The fourth-order valence-electron chi connectivity index (χ4n) is 3.01. The molecule has 1 amide bonds. The van der Waals surface area contributed by atoms with Crippen molar-refractivity contribution in [1.82, 2.24) is 4.90 Å². The molecule has 1 N–H and O–H groups in total. The zero-order valence-electron chi connectivity index (χ0n) is 14.2. The maximum atomic E-state index is 12.5. The first kappa shape index (κ1) is 18.3. The number of methoxy groups -OCH3 is 1. The van der Waals surface area contributed by atoms with Crippen molar-refractivity contribution in [2.75, 3.05) is 26.8 Å². The second-order valence-corrected chi connectivity index (χ2v) is 6.26. The van der Waals surface area contributed by atoms with E-state index in [2.05, 4.69) is 0 Å². The number of benzene rings is 1. The van der Waals surface area contributed by atoms with E-state index < -0.39 is 12.1 Å². The van der Waals surface area contributed by atoms with Crippen LogP contribution in [0.25, 0.3) is 0 Å². The second kappa shape index (κ2) is 8.68. The Morgan fingerprint density at radius 1 is 1.42 bits per heavy atom. The Morgan fingerprint density at radius 3 is 2.88 bits per heavy atom. The van der Waals surface area contributed by atoms with Crippen LogP contribution in [0.3, 0.4) is 0 Å². The van der Waals surface area contributed by atoms with Gasteiger partial charge in [-0.05, 0) is 24.0 Å². The molecule has 1 aliphatic rings. The molecule has 2 rings (SSSR count). The predicted octanol–water partition coefficient (Wildman–Crippen LogP) is 1.97. The second-order valence-electron chi connectivity index (χ2n) is 6.26. The smallest absolute Gasteiger partial charge is 0.306 e. The highest BCUT2D eigenvalue weighted by Crippen LogP contribution is 2.23. The van der Waals surface area contributed by atoms with E-state index in [9.17, 15) is 9.59 Å². The van der Waals surface area contributed by atoms with E-state index in [4.69, 9.17) is 14.6 Å². The van der Waals surface area contributed by atoms with Crippen LogP contribution in [0.1, 0.15) is 25.3 Å². The van der Waals surface area contributed by atoms with Gasteiger partial charge in [0.25, 0.3) is 0 Å². The van der Waals surface area contributed by atoms with Crippen molar-refractivity contribution >= 4 is 11.9 Å². The molecule has 6 nitrogen and oxygen atoms in total. The van der Waals surface area contributed by atoms with Crippen molar-refractivity contribution in [2.45, 2.75) is 32.3 Å². The number of aliphatic carboxylic acids is 1. The number of amides is 1. The Kier molecular flexibility index (Phi) is 6.61. The topological polar surface area (TPSA) is 76.1 Å². The van der Waals surface area contributed by atoms with Crippen LogP contribution in [-0.2, 0) is 20.7 Å². The third kappa shape index (κ3) is 5.23. The molecule has 0 bridgehead atoms. The molecule has 1 aromatic carbocycles. The number of rotatable bonds is 7. The summed E-state index contributed by atoms with van der Waals surface area (Å²) < 4.78 is 10.8. The number of para-hydroxylation sites is 1. The van der Waals surface area contributed by atoms with Gasteiger partial charge in [-0.3, -0.25) is 9.59 Å². The number of nitrogens with zero attached hydrogens (tertiary/aromatic N) is 1. The van der Waals surface area contributed by atoms with Crippen LogP contribution in [0.2, 0.25) is 0 Å². The minimum Gasteiger partial charge on any atom is -0.496 e. The van der Waals surface area contributed by atoms with Crippen molar-refractivity contribution in [3.63, 3.8) is 0 Å². The number of hydrogen-bond acceptors (Lipinski definition) is 4. The van der Waals surface area contributed by atoms with Gasteiger partial charge in [-0.2, -0.15) is 0 Å². The highest BCUT2D eigenvalue weighted by Gasteiger charge is 2.26. The fourth-order valence-corrected chi connectivity index (χ4v) is 3.01. The lowest BCUT2D eigenvalue weighted by molar-refractivity contribution is -0.148. The van der Waals surface area contributed by atoms with Crippen LogP contribution in [0.5, 0.6) is 5.75 Å². The monoisotopic (exact) mass is 335 g/mol. The predicted molar refractivity (Wildman–Crippen MR) is 89.1 cm³/mol. The summed E-state index contributed by atoms with van der Waals surface area (Å²) >= 11 is 0. The molecule has 2 unspecified atom stereocenters. The van der Waals surface area contributed by atoms with E-state index in [1.54, 1.807) is 12.0 Å². The average molecular weight is 335 g/mol. The van der Waals surface area contributed by atoms with E-state index in [0.29, 0.717) is 26.1 Å². The number of hydrogen-bond donors (Lipinski definition) is 1. The molecular formula is C18H25NO5. The molecule has 6 heteroatoms. The molecule has 0 aromatic heterocycles. The molecule has 1 fully saturated rings. The van der Waals surface area contributed by atoms with Gasteiger partial charge in [0, 0.05) is 19.5 Å². The SMILES string of the molecule is COc1ccccc1CC(C)CC(=O)N1CCOC(CC(=O)O)C1. The Labute approximate surface area is 142 Å². The molecule has 1 aliphatic heterocycles. The first-order valence-corrected chi connectivity index (χ1v) is 8.22. The molecule has 1 aromatic rings. The van der Waals surface area contributed by atoms with Gasteiger partial charge in [-0.1, -0.05) is 25.1 Å². The van der Waals surface area contributed by atoms with Gasteiger partial charge in [0.2, 0.25) is 5.91 Å². The number of ether oxygens (including phenoxy) is 2. The van der Waals surface area contributed by atoms with Crippen LogP contribution < -0.4 is 4.74 Å². The summed E-state index contributed by atoms with van der Waals surface area (Å²) in [6.07, 6.45) is 0.710. The van der Waals surface area contributed by atoms with Gasteiger partial charge in [0.05, 0.1) is 26.2 Å². The fraction of sp³-hybridized carbons (Fsp3) is 0.556. The highest BCUT2D eigenvalue weighted by molar-refractivity contribution is 5.76. The molecule has 2 atom stereocenters. The lowest BCUT2D eigenvalue weighted by Gasteiger charge is -2.33. The van der Waals surface area contributed by atoms with Crippen LogP contribution >= 0.6 is 0 Å². The number of carboxylic acid groups (broad SMARTS) is 1. The Morgan fingerprint density at radius 2 is 2.17 bits per heavy atom. The standard InChI is InChI=1S/C18H25NO5/c1-13(9-14-5-3-4-6-16(14)23-2)10-17(20)19-7-8-24-15(12-19)11-18(21)22/h3-6,13,15H,7-12H2,1-2H3,(H,21,22). The third-order valence-electron chi connectivity index (χ3n) is 4.18. The largest absolute Gasteiger partial charge is 0.496 e. The number of morpholine rings is 1. The van der Waals surface area contributed by atoms with Gasteiger partial charge in [0.1, 0.15) is 5.75 Å². The van der Waals surface area contributed by atoms with E-state index in [-0.39, 0.29) is 18.2 Å². The van der Waals surface area contributed by atoms with Gasteiger partial charge in [-0.15, -0.1) is 0 Å². The van der Waals surface area contributed by atoms with Crippen molar-refractivity contribution < 1.29 is 24.2 Å². The Balaban J connectivity index is 1.87. The first-order chi connectivity index (χ1) is 11.5. The molecule has 132 valence electrons. The molecule has 0 saturated carbocycles. The summed E-state index contributed by atoms with van der Waals surface area (Å²) in [4.78, 5) is 25.0. The van der Waals surface area contributed by atoms with E-state index in [1.807, 2.05) is 31.2 Å². The summed E-state index contributed by atoms with van der Waals surface area (Å²) in [5.41, 5.74) is 1.09. The van der Waals surface area contributed by atoms with Crippen molar-refractivity contribution in [3.8, 4) is 5.75 Å². The lowest BCUT2D eigenvalue weighted by Crippen LogP contribution is -2.46.